The van der Waals surface area contributed by atoms with Gasteiger partial charge < -0.3 is 5.32 Å². The van der Waals surface area contributed by atoms with Gasteiger partial charge in [0.15, 0.2) is 0 Å². The molecule has 2 nitrogen and oxygen atoms in total. The van der Waals surface area contributed by atoms with E-state index in [9.17, 15) is 9.18 Å². The molecule has 1 aromatic rings. The lowest BCUT2D eigenvalue weighted by molar-refractivity contribution is -0.119. The SMILES string of the molecule is CC(=O)NC(CF)c1ccccc1. The highest BCUT2D eigenvalue weighted by Crippen LogP contribution is 2.12. The zero-order chi connectivity index (χ0) is 9.68. The summed E-state index contributed by atoms with van der Waals surface area (Å²) in [5.74, 6) is -0.216. The van der Waals surface area contributed by atoms with Gasteiger partial charge in [-0.25, -0.2) is 4.39 Å². The summed E-state index contributed by atoms with van der Waals surface area (Å²) in [6, 6.07) is 8.56. The minimum Gasteiger partial charge on any atom is -0.347 e. The molecule has 0 saturated heterocycles. The van der Waals surface area contributed by atoms with Gasteiger partial charge in [-0.2, -0.15) is 0 Å². The van der Waals surface area contributed by atoms with Crippen LogP contribution in [0.2, 0.25) is 0 Å². The lowest BCUT2D eigenvalue weighted by Gasteiger charge is -2.13. The van der Waals surface area contributed by atoms with Gasteiger partial charge >= 0.3 is 0 Å². The van der Waals surface area contributed by atoms with Gasteiger partial charge in [0, 0.05) is 6.92 Å². The van der Waals surface area contributed by atoms with Crippen LogP contribution in [0.1, 0.15) is 18.5 Å². The number of hydrogen-bond donors (Lipinski definition) is 1. The van der Waals surface area contributed by atoms with Crippen molar-refractivity contribution >= 4 is 5.91 Å². The van der Waals surface area contributed by atoms with Crippen molar-refractivity contribution < 1.29 is 9.18 Å². The molecule has 3 heteroatoms. The van der Waals surface area contributed by atoms with E-state index in [0.717, 1.165) is 5.56 Å². The van der Waals surface area contributed by atoms with Gasteiger partial charge in [-0.05, 0) is 5.56 Å². The van der Waals surface area contributed by atoms with Crippen LogP contribution in [0.5, 0.6) is 0 Å². The van der Waals surface area contributed by atoms with Crippen molar-refractivity contribution in [2.45, 2.75) is 13.0 Å². The van der Waals surface area contributed by atoms with Crippen LogP contribution >= 0.6 is 0 Å². The summed E-state index contributed by atoms with van der Waals surface area (Å²) in [5.41, 5.74) is 0.792. The summed E-state index contributed by atoms with van der Waals surface area (Å²) in [4.78, 5) is 10.7. The van der Waals surface area contributed by atoms with E-state index < -0.39 is 12.7 Å². The predicted molar refractivity (Wildman–Crippen MR) is 49.0 cm³/mol. The molecule has 1 unspecified atom stereocenters. The van der Waals surface area contributed by atoms with E-state index in [1.165, 1.54) is 6.92 Å². The number of alkyl halides is 1. The van der Waals surface area contributed by atoms with Gasteiger partial charge in [0.05, 0.1) is 6.04 Å². The monoisotopic (exact) mass is 181 g/mol. The smallest absolute Gasteiger partial charge is 0.217 e. The third kappa shape index (κ3) is 2.86. The van der Waals surface area contributed by atoms with Crippen LogP contribution in [0.3, 0.4) is 0 Å². The second kappa shape index (κ2) is 4.60. The Morgan fingerprint density at radius 2 is 2.08 bits per heavy atom. The van der Waals surface area contributed by atoms with Crippen LogP contribution in [-0.4, -0.2) is 12.6 Å². The quantitative estimate of drug-likeness (QED) is 0.757. The molecule has 1 amide bonds. The summed E-state index contributed by atoms with van der Waals surface area (Å²) >= 11 is 0. The van der Waals surface area contributed by atoms with Crippen molar-refractivity contribution in [3.8, 4) is 0 Å². The molecule has 0 aromatic heterocycles. The fourth-order valence-electron chi connectivity index (χ4n) is 1.14. The van der Waals surface area contributed by atoms with Crippen LogP contribution < -0.4 is 5.32 Å². The second-order valence-electron chi connectivity index (χ2n) is 2.82. The molecule has 1 atom stereocenters. The Labute approximate surface area is 76.8 Å². The van der Waals surface area contributed by atoms with E-state index >= 15 is 0 Å². The number of carbonyl (C=O) groups is 1. The molecule has 13 heavy (non-hydrogen) atoms. The molecule has 0 spiro atoms. The van der Waals surface area contributed by atoms with Gasteiger partial charge in [-0.15, -0.1) is 0 Å². The zero-order valence-corrected chi connectivity index (χ0v) is 7.46. The molecule has 0 aliphatic carbocycles. The molecule has 0 heterocycles. The van der Waals surface area contributed by atoms with Crippen molar-refractivity contribution in [1.82, 2.24) is 5.32 Å². The number of nitrogens with one attached hydrogen (secondary N) is 1. The van der Waals surface area contributed by atoms with E-state index in [4.69, 9.17) is 0 Å². The lowest BCUT2D eigenvalue weighted by atomic mass is 10.1. The Bertz CT molecular complexity index is 274. The maximum absolute atomic E-state index is 12.5. The highest BCUT2D eigenvalue weighted by Gasteiger charge is 2.10. The molecule has 0 bridgehead atoms. The Kier molecular flexibility index (Phi) is 3.43. The molecule has 0 aliphatic rings. The molecule has 1 N–H and O–H groups in total. The summed E-state index contributed by atoms with van der Waals surface area (Å²) < 4.78 is 12.5. The number of carbonyl (C=O) groups excluding carboxylic acids is 1. The Morgan fingerprint density at radius 1 is 1.46 bits per heavy atom. The first kappa shape index (κ1) is 9.71. The number of rotatable bonds is 3. The van der Waals surface area contributed by atoms with E-state index in [1.54, 1.807) is 12.1 Å². The van der Waals surface area contributed by atoms with Crippen molar-refractivity contribution in [3.05, 3.63) is 35.9 Å². The minimum absolute atomic E-state index is 0.216. The highest BCUT2D eigenvalue weighted by molar-refractivity contribution is 5.73. The maximum Gasteiger partial charge on any atom is 0.217 e. The van der Waals surface area contributed by atoms with Crippen molar-refractivity contribution in [1.29, 1.82) is 0 Å². The largest absolute Gasteiger partial charge is 0.347 e. The third-order valence-corrected chi connectivity index (χ3v) is 1.73. The first-order chi connectivity index (χ1) is 6.24. The van der Waals surface area contributed by atoms with E-state index in [0.29, 0.717) is 0 Å². The van der Waals surface area contributed by atoms with Crippen LogP contribution in [-0.2, 0) is 4.79 Å². The lowest BCUT2D eigenvalue weighted by Crippen LogP contribution is -2.27. The molecule has 1 aromatic carbocycles. The van der Waals surface area contributed by atoms with Crippen molar-refractivity contribution in [2.75, 3.05) is 6.67 Å². The van der Waals surface area contributed by atoms with Crippen LogP contribution in [0.15, 0.2) is 30.3 Å². The summed E-state index contributed by atoms with van der Waals surface area (Å²) in [5, 5.41) is 2.53. The highest BCUT2D eigenvalue weighted by atomic mass is 19.1. The van der Waals surface area contributed by atoms with Gasteiger partial charge in [-0.1, -0.05) is 30.3 Å². The fourth-order valence-corrected chi connectivity index (χ4v) is 1.14. The average molecular weight is 181 g/mol. The second-order valence-corrected chi connectivity index (χ2v) is 2.82. The fraction of sp³-hybridized carbons (Fsp3) is 0.300. The molecule has 0 aliphatic heterocycles. The molecule has 0 radical (unpaired) electrons. The summed E-state index contributed by atoms with van der Waals surface area (Å²) in [7, 11) is 0. The first-order valence-electron chi connectivity index (χ1n) is 4.12. The standard InChI is InChI=1S/C10H12FNO/c1-8(13)12-10(7-11)9-5-3-2-4-6-9/h2-6,10H,7H2,1H3,(H,12,13). The normalized spacial score (nSPS) is 12.2. The number of halogens is 1. The van der Waals surface area contributed by atoms with Crippen LogP contribution in [0.25, 0.3) is 0 Å². The van der Waals surface area contributed by atoms with Crippen LogP contribution in [0.4, 0.5) is 4.39 Å². The molecular weight excluding hydrogens is 169 g/mol. The molecule has 1 rings (SSSR count). The molecular formula is C10H12FNO. The van der Waals surface area contributed by atoms with E-state index in [1.807, 2.05) is 18.2 Å². The minimum atomic E-state index is -0.580. The predicted octanol–water partition coefficient (Wildman–Crippen LogP) is 1.83. The molecule has 70 valence electrons. The summed E-state index contributed by atoms with van der Waals surface area (Å²) in [6.45, 7) is 0.801. The molecule has 0 saturated carbocycles. The topological polar surface area (TPSA) is 29.1 Å². The van der Waals surface area contributed by atoms with E-state index in [2.05, 4.69) is 5.32 Å². The van der Waals surface area contributed by atoms with Gasteiger partial charge in [-0.3, -0.25) is 4.79 Å². The first-order valence-corrected chi connectivity index (χ1v) is 4.12. The summed E-state index contributed by atoms with van der Waals surface area (Å²) in [6.07, 6.45) is 0. The molecule has 0 fully saturated rings. The van der Waals surface area contributed by atoms with Crippen LogP contribution in [0, 0.1) is 0 Å². The van der Waals surface area contributed by atoms with E-state index in [-0.39, 0.29) is 5.91 Å². The van der Waals surface area contributed by atoms with Gasteiger partial charge in [0.2, 0.25) is 5.91 Å². The number of amides is 1. The zero-order valence-electron chi connectivity index (χ0n) is 7.46. The third-order valence-electron chi connectivity index (χ3n) is 1.73. The van der Waals surface area contributed by atoms with Gasteiger partial charge in [0.1, 0.15) is 6.67 Å². The number of benzene rings is 1. The average Bonchev–Trinajstić information content (AvgIpc) is 2.15. The number of hydrogen-bond acceptors (Lipinski definition) is 1. The Hall–Kier alpha value is -1.38. The Balaban J connectivity index is 2.73. The van der Waals surface area contributed by atoms with Gasteiger partial charge in [0.25, 0.3) is 0 Å². The van der Waals surface area contributed by atoms with Crippen molar-refractivity contribution in [2.24, 2.45) is 0 Å². The van der Waals surface area contributed by atoms with Crippen molar-refractivity contribution in [3.63, 3.8) is 0 Å². The Morgan fingerprint density at radius 3 is 2.54 bits per heavy atom. The maximum atomic E-state index is 12.5.